The number of carbonyl (C=O) groups excluding carboxylic acids is 1. The van der Waals surface area contributed by atoms with Crippen LogP contribution < -0.4 is 10.6 Å². The lowest BCUT2D eigenvalue weighted by Gasteiger charge is -2.22. The summed E-state index contributed by atoms with van der Waals surface area (Å²) in [6, 6.07) is 0.379. The summed E-state index contributed by atoms with van der Waals surface area (Å²) < 4.78 is 4.86. The number of hydrogen-bond acceptors (Lipinski definition) is 5. The Kier molecular flexibility index (Phi) is 5.14. The molecule has 1 amide bonds. The first-order valence-corrected chi connectivity index (χ1v) is 6.60. The van der Waals surface area contributed by atoms with Gasteiger partial charge in [0.1, 0.15) is 0 Å². The van der Waals surface area contributed by atoms with Crippen molar-refractivity contribution in [1.29, 1.82) is 0 Å². The largest absolute Gasteiger partial charge is 0.352 e. The molecule has 0 radical (unpaired) electrons. The van der Waals surface area contributed by atoms with E-state index in [9.17, 15) is 4.79 Å². The van der Waals surface area contributed by atoms with Crippen LogP contribution in [0.3, 0.4) is 0 Å². The van der Waals surface area contributed by atoms with Crippen molar-refractivity contribution in [3.05, 3.63) is 12.2 Å². The minimum atomic E-state index is 0.0763. The predicted molar refractivity (Wildman–Crippen MR) is 65.9 cm³/mol. The Morgan fingerprint density at radius 1 is 1.39 bits per heavy atom. The number of nitrogens with one attached hydrogen (secondary N) is 2. The highest BCUT2D eigenvalue weighted by Gasteiger charge is 2.15. The first kappa shape index (κ1) is 13.0. The van der Waals surface area contributed by atoms with Crippen LogP contribution in [-0.4, -0.2) is 35.2 Å². The third-order valence-corrected chi connectivity index (χ3v) is 3.18. The van der Waals surface area contributed by atoms with E-state index in [4.69, 9.17) is 4.52 Å². The maximum atomic E-state index is 11.6. The number of hydrogen-bond donors (Lipinski definition) is 2. The quantitative estimate of drug-likeness (QED) is 0.727. The van der Waals surface area contributed by atoms with Crippen LogP contribution in [0.4, 0.5) is 0 Å². The second kappa shape index (κ2) is 7.10. The lowest BCUT2D eigenvalue weighted by molar-refractivity contribution is -0.121. The zero-order valence-electron chi connectivity index (χ0n) is 10.5. The topological polar surface area (TPSA) is 80.1 Å². The molecule has 0 bridgehead atoms. The fourth-order valence-corrected chi connectivity index (χ4v) is 2.23. The number of rotatable bonds is 6. The number of amides is 1. The second-order valence-electron chi connectivity index (χ2n) is 4.66. The van der Waals surface area contributed by atoms with Gasteiger partial charge in [0, 0.05) is 19.0 Å². The van der Waals surface area contributed by atoms with Gasteiger partial charge < -0.3 is 15.2 Å². The lowest BCUT2D eigenvalue weighted by atomic mass is 9.95. The molecule has 1 aliphatic carbocycles. The molecule has 1 fully saturated rings. The van der Waals surface area contributed by atoms with Crippen molar-refractivity contribution in [2.24, 2.45) is 0 Å². The molecule has 18 heavy (non-hydrogen) atoms. The second-order valence-corrected chi connectivity index (χ2v) is 4.66. The van der Waals surface area contributed by atoms with E-state index in [0.717, 1.165) is 12.8 Å². The molecule has 0 aliphatic heterocycles. The van der Waals surface area contributed by atoms with Gasteiger partial charge in [0.25, 0.3) is 0 Å². The molecule has 0 atom stereocenters. The normalized spacial score (nSPS) is 16.7. The van der Waals surface area contributed by atoms with E-state index >= 15 is 0 Å². The van der Waals surface area contributed by atoms with E-state index < -0.39 is 0 Å². The van der Waals surface area contributed by atoms with Crippen molar-refractivity contribution < 1.29 is 9.32 Å². The van der Waals surface area contributed by atoms with Gasteiger partial charge in [-0.25, -0.2) is 0 Å². The van der Waals surface area contributed by atoms with Gasteiger partial charge in [0.05, 0.1) is 6.54 Å². The molecule has 0 saturated heterocycles. The first-order valence-electron chi connectivity index (χ1n) is 6.60. The lowest BCUT2D eigenvalue weighted by Crippen LogP contribution is -2.41. The molecule has 1 heterocycles. The standard InChI is InChI=1S/C12H20N4O2/c17-11(16-10-4-2-1-3-5-10)8-13-7-6-12-14-9-15-18-12/h9-10,13H,1-8H2,(H,16,17). The van der Waals surface area contributed by atoms with E-state index in [1.54, 1.807) is 0 Å². The van der Waals surface area contributed by atoms with E-state index in [0.29, 0.717) is 31.4 Å². The summed E-state index contributed by atoms with van der Waals surface area (Å²) in [5.41, 5.74) is 0. The molecule has 1 aromatic heterocycles. The average Bonchev–Trinajstić information content (AvgIpc) is 2.89. The highest BCUT2D eigenvalue weighted by Crippen LogP contribution is 2.16. The van der Waals surface area contributed by atoms with Crippen molar-refractivity contribution in [3.8, 4) is 0 Å². The molecule has 0 unspecified atom stereocenters. The third kappa shape index (κ3) is 4.44. The molecule has 0 aromatic carbocycles. The van der Waals surface area contributed by atoms with Crippen LogP contribution in [0.1, 0.15) is 38.0 Å². The summed E-state index contributed by atoms with van der Waals surface area (Å²) in [6.45, 7) is 1.02. The molecule has 100 valence electrons. The Labute approximate surface area is 107 Å². The minimum Gasteiger partial charge on any atom is -0.352 e. The zero-order chi connectivity index (χ0) is 12.6. The number of carbonyl (C=O) groups is 1. The van der Waals surface area contributed by atoms with Gasteiger partial charge in [-0.2, -0.15) is 4.98 Å². The first-order chi connectivity index (χ1) is 8.84. The summed E-state index contributed by atoms with van der Waals surface area (Å²) in [4.78, 5) is 15.6. The monoisotopic (exact) mass is 252 g/mol. The van der Waals surface area contributed by atoms with Crippen molar-refractivity contribution in [2.75, 3.05) is 13.1 Å². The van der Waals surface area contributed by atoms with Crippen molar-refractivity contribution in [2.45, 2.75) is 44.6 Å². The molecule has 0 spiro atoms. The van der Waals surface area contributed by atoms with Gasteiger partial charge in [0.2, 0.25) is 11.8 Å². The maximum Gasteiger partial charge on any atom is 0.234 e. The fourth-order valence-electron chi connectivity index (χ4n) is 2.23. The van der Waals surface area contributed by atoms with Crippen LogP contribution in [0.2, 0.25) is 0 Å². The smallest absolute Gasteiger partial charge is 0.234 e. The Morgan fingerprint density at radius 3 is 2.94 bits per heavy atom. The van der Waals surface area contributed by atoms with E-state index in [1.165, 1.54) is 25.6 Å². The molecule has 2 N–H and O–H groups in total. The zero-order valence-corrected chi connectivity index (χ0v) is 10.5. The Hall–Kier alpha value is -1.43. The van der Waals surface area contributed by atoms with Gasteiger partial charge in [-0.05, 0) is 12.8 Å². The fraction of sp³-hybridized carbons (Fsp3) is 0.750. The Balaban J connectivity index is 1.54. The van der Waals surface area contributed by atoms with Crippen LogP contribution in [0.25, 0.3) is 0 Å². The molecule has 6 heteroatoms. The van der Waals surface area contributed by atoms with Crippen LogP contribution in [-0.2, 0) is 11.2 Å². The van der Waals surface area contributed by atoms with Crippen molar-refractivity contribution >= 4 is 5.91 Å². The van der Waals surface area contributed by atoms with Gasteiger partial charge in [-0.1, -0.05) is 24.4 Å². The molecule has 1 saturated carbocycles. The summed E-state index contributed by atoms with van der Waals surface area (Å²) >= 11 is 0. The maximum absolute atomic E-state index is 11.6. The summed E-state index contributed by atoms with van der Waals surface area (Å²) in [5.74, 6) is 0.669. The average molecular weight is 252 g/mol. The molecule has 2 rings (SSSR count). The Bertz CT molecular complexity index is 347. The highest BCUT2D eigenvalue weighted by molar-refractivity contribution is 5.78. The Morgan fingerprint density at radius 2 is 2.22 bits per heavy atom. The molecular weight excluding hydrogens is 232 g/mol. The van der Waals surface area contributed by atoms with Gasteiger partial charge in [-0.15, -0.1) is 0 Å². The molecule has 1 aromatic rings. The molecule has 6 nitrogen and oxygen atoms in total. The van der Waals surface area contributed by atoms with Crippen molar-refractivity contribution in [3.63, 3.8) is 0 Å². The predicted octanol–water partition coefficient (Wildman–Crippen LogP) is 0.651. The number of nitrogens with zero attached hydrogens (tertiary/aromatic N) is 2. The van der Waals surface area contributed by atoms with Crippen molar-refractivity contribution in [1.82, 2.24) is 20.8 Å². The summed E-state index contributed by atoms with van der Waals surface area (Å²) in [6.07, 6.45) is 8.03. The van der Waals surface area contributed by atoms with E-state index in [1.807, 2.05) is 0 Å². The van der Waals surface area contributed by atoms with Gasteiger partial charge in [-0.3, -0.25) is 4.79 Å². The van der Waals surface area contributed by atoms with Crippen LogP contribution in [0.5, 0.6) is 0 Å². The van der Waals surface area contributed by atoms with Gasteiger partial charge >= 0.3 is 0 Å². The van der Waals surface area contributed by atoms with Gasteiger partial charge in [0.15, 0.2) is 6.33 Å². The summed E-state index contributed by atoms with van der Waals surface area (Å²) in [5, 5.41) is 9.65. The summed E-state index contributed by atoms with van der Waals surface area (Å²) in [7, 11) is 0. The van der Waals surface area contributed by atoms with E-state index in [2.05, 4.69) is 20.8 Å². The molecular formula is C12H20N4O2. The SMILES string of the molecule is O=C(CNCCc1ncno1)NC1CCCCC1. The van der Waals surface area contributed by atoms with Crippen LogP contribution in [0.15, 0.2) is 10.9 Å². The van der Waals surface area contributed by atoms with Crippen LogP contribution >= 0.6 is 0 Å². The number of aromatic nitrogens is 2. The molecule has 1 aliphatic rings. The highest BCUT2D eigenvalue weighted by atomic mass is 16.5. The minimum absolute atomic E-state index is 0.0763. The third-order valence-electron chi connectivity index (χ3n) is 3.18. The van der Waals surface area contributed by atoms with Crippen LogP contribution in [0, 0.1) is 0 Å². The van der Waals surface area contributed by atoms with E-state index in [-0.39, 0.29) is 5.91 Å².